The Bertz CT molecular complexity index is 1080. The van der Waals surface area contributed by atoms with E-state index in [2.05, 4.69) is 10.4 Å². The van der Waals surface area contributed by atoms with Gasteiger partial charge in [-0.1, -0.05) is 12.1 Å². The van der Waals surface area contributed by atoms with Gasteiger partial charge in [-0.2, -0.15) is 18.3 Å². The third-order valence-electron chi connectivity index (χ3n) is 4.35. The molecule has 0 fully saturated rings. The molecule has 3 aromatic rings. The van der Waals surface area contributed by atoms with Crippen molar-refractivity contribution in [3.05, 3.63) is 77.0 Å². The summed E-state index contributed by atoms with van der Waals surface area (Å²) in [5.74, 6) is -3.21. The van der Waals surface area contributed by atoms with Crippen molar-refractivity contribution in [3.63, 3.8) is 0 Å². The number of hydrogen-bond donors (Lipinski definition) is 1. The summed E-state index contributed by atoms with van der Waals surface area (Å²) in [7, 11) is 1.45. The van der Waals surface area contributed by atoms with Gasteiger partial charge in [0.15, 0.2) is 5.82 Å². The number of nitrogens with zero attached hydrogens (tertiary/aromatic N) is 2. The number of benzene rings is 2. The van der Waals surface area contributed by atoms with Gasteiger partial charge in [0.1, 0.15) is 29.6 Å². The molecule has 0 spiro atoms. The van der Waals surface area contributed by atoms with Crippen LogP contribution in [-0.2, 0) is 17.5 Å². The maximum atomic E-state index is 13.7. The average molecular weight is 455 g/mol. The molecule has 3 rings (SSSR count). The summed E-state index contributed by atoms with van der Waals surface area (Å²) in [5, 5.41) is 6.19. The second kappa shape index (κ2) is 9.77. The lowest BCUT2D eigenvalue weighted by molar-refractivity contribution is -0.138. The van der Waals surface area contributed by atoms with Gasteiger partial charge in [0, 0.05) is 19.4 Å². The fourth-order valence-electron chi connectivity index (χ4n) is 2.87. The van der Waals surface area contributed by atoms with Gasteiger partial charge in [-0.3, -0.25) is 9.48 Å². The lowest BCUT2D eigenvalue weighted by Gasteiger charge is -2.15. The quantitative estimate of drug-likeness (QED) is 0.401. The summed E-state index contributed by atoms with van der Waals surface area (Å²) in [6.45, 7) is 0.0523. The Balaban J connectivity index is 1.76. The molecule has 0 atom stereocenters. The van der Waals surface area contributed by atoms with Crippen LogP contribution < -0.4 is 10.1 Å². The predicted octanol–water partition coefficient (Wildman–Crippen LogP) is 4.51. The van der Waals surface area contributed by atoms with Gasteiger partial charge in [-0.25, -0.2) is 8.78 Å². The lowest BCUT2D eigenvalue weighted by Crippen LogP contribution is -2.17. The largest absolute Gasteiger partial charge is 0.491 e. The molecule has 0 aliphatic rings. The maximum Gasteiger partial charge on any atom is 0.416 e. The first-order valence-corrected chi connectivity index (χ1v) is 9.29. The molecule has 0 radical (unpaired) electrons. The van der Waals surface area contributed by atoms with Crippen molar-refractivity contribution in [2.45, 2.75) is 12.7 Å². The molecule has 6 nitrogen and oxygen atoms in total. The van der Waals surface area contributed by atoms with E-state index >= 15 is 0 Å². The third kappa shape index (κ3) is 5.61. The van der Waals surface area contributed by atoms with Gasteiger partial charge < -0.3 is 14.8 Å². The molecule has 0 unspecified atom stereocenters. The Hall–Kier alpha value is -3.47. The number of methoxy groups -OCH3 is 1. The van der Waals surface area contributed by atoms with Crippen molar-refractivity contribution in [3.8, 4) is 5.75 Å². The Morgan fingerprint density at radius 2 is 1.81 bits per heavy atom. The fraction of sp³-hybridized carbons (Fsp3) is 0.238. The third-order valence-corrected chi connectivity index (χ3v) is 4.35. The lowest BCUT2D eigenvalue weighted by atomic mass is 10.1. The average Bonchev–Trinajstić information content (AvgIpc) is 3.15. The molecule has 0 bridgehead atoms. The molecule has 2 aromatic carbocycles. The molecule has 1 N–H and O–H groups in total. The van der Waals surface area contributed by atoms with Gasteiger partial charge >= 0.3 is 6.18 Å². The molecule has 1 amide bonds. The minimum absolute atomic E-state index is 0.0402. The first-order valence-electron chi connectivity index (χ1n) is 9.29. The van der Waals surface area contributed by atoms with E-state index in [1.165, 1.54) is 31.5 Å². The normalized spacial score (nSPS) is 11.4. The number of halogens is 5. The molecule has 0 aliphatic heterocycles. The van der Waals surface area contributed by atoms with Crippen LogP contribution in [0.15, 0.2) is 48.7 Å². The Morgan fingerprint density at radius 3 is 2.47 bits per heavy atom. The molecule has 32 heavy (non-hydrogen) atoms. The number of hydrogen-bond acceptors (Lipinski definition) is 4. The van der Waals surface area contributed by atoms with Gasteiger partial charge in [-0.05, 0) is 29.8 Å². The number of nitrogens with one attached hydrogen (secondary N) is 1. The Kier molecular flexibility index (Phi) is 7.08. The van der Waals surface area contributed by atoms with Crippen LogP contribution in [-0.4, -0.2) is 36.0 Å². The molecular weight excluding hydrogens is 437 g/mol. The second-order valence-electron chi connectivity index (χ2n) is 6.61. The van der Waals surface area contributed by atoms with Crippen LogP contribution in [0.3, 0.4) is 0 Å². The smallest absolute Gasteiger partial charge is 0.416 e. The van der Waals surface area contributed by atoms with Crippen LogP contribution in [0, 0.1) is 11.6 Å². The summed E-state index contributed by atoms with van der Waals surface area (Å²) in [5.41, 5.74) is -1.77. The van der Waals surface area contributed by atoms with Gasteiger partial charge in [0.05, 0.1) is 18.7 Å². The van der Waals surface area contributed by atoms with Crippen LogP contribution in [0.25, 0.3) is 0 Å². The number of carbonyl (C=O) groups is 1. The van der Waals surface area contributed by atoms with Crippen molar-refractivity contribution in [1.29, 1.82) is 0 Å². The summed E-state index contributed by atoms with van der Waals surface area (Å²) in [4.78, 5) is 12.1. The summed E-state index contributed by atoms with van der Waals surface area (Å²) < 4.78 is 79.2. The van der Waals surface area contributed by atoms with Crippen LogP contribution in [0.2, 0.25) is 0 Å². The van der Waals surface area contributed by atoms with Crippen molar-refractivity contribution >= 4 is 11.7 Å². The van der Waals surface area contributed by atoms with E-state index in [9.17, 15) is 26.7 Å². The van der Waals surface area contributed by atoms with Gasteiger partial charge in [0.25, 0.3) is 5.91 Å². The highest BCUT2D eigenvalue weighted by molar-refractivity contribution is 6.04. The molecule has 1 heterocycles. The zero-order chi connectivity index (χ0) is 23.3. The summed E-state index contributed by atoms with van der Waals surface area (Å²) >= 11 is 0. The molecule has 0 saturated heterocycles. The minimum atomic E-state index is -4.64. The Labute approximate surface area is 179 Å². The van der Waals surface area contributed by atoms with Crippen molar-refractivity contribution in [1.82, 2.24) is 9.78 Å². The monoisotopic (exact) mass is 455 g/mol. The van der Waals surface area contributed by atoms with Crippen LogP contribution >= 0.6 is 0 Å². The van der Waals surface area contributed by atoms with Crippen molar-refractivity contribution < 1.29 is 36.2 Å². The molecule has 1 aromatic heterocycles. The molecule has 0 saturated carbocycles. The van der Waals surface area contributed by atoms with E-state index in [4.69, 9.17) is 9.47 Å². The molecule has 0 aliphatic carbocycles. The summed E-state index contributed by atoms with van der Waals surface area (Å²) in [6.07, 6.45) is -3.31. The highest BCUT2D eigenvalue weighted by Crippen LogP contribution is 2.35. The van der Waals surface area contributed by atoms with Crippen LogP contribution in [0.4, 0.5) is 27.8 Å². The van der Waals surface area contributed by atoms with E-state index in [0.29, 0.717) is 0 Å². The summed E-state index contributed by atoms with van der Waals surface area (Å²) in [6, 6.07) is 7.81. The number of amides is 1. The van der Waals surface area contributed by atoms with E-state index in [1.54, 1.807) is 0 Å². The standard InChI is InChI=1S/C21H18F5N3O3/c1-31-9-10-32-14-6-5-13(15(11-14)21(24,25)26)12-29-8-7-18(28-29)27-20(30)19-16(22)3-2-4-17(19)23/h2-8,11H,9-10,12H2,1H3,(H,27,28,30). The first kappa shape index (κ1) is 23.2. The number of ether oxygens (including phenoxy) is 2. The topological polar surface area (TPSA) is 65.4 Å². The van der Waals surface area contributed by atoms with E-state index in [0.717, 1.165) is 28.9 Å². The van der Waals surface area contributed by atoms with Crippen molar-refractivity contribution in [2.75, 3.05) is 25.6 Å². The minimum Gasteiger partial charge on any atom is -0.491 e. The van der Waals surface area contributed by atoms with Gasteiger partial charge in [-0.15, -0.1) is 0 Å². The maximum absolute atomic E-state index is 13.7. The highest BCUT2D eigenvalue weighted by Gasteiger charge is 2.34. The number of anilines is 1. The van der Waals surface area contributed by atoms with E-state index in [1.807, 2.05) is 0 Å². The number of alkyl halides is 3. The number of carbonyl (C=O) groups excluding carboxylic acids is 1. The molecule has 170 valence electrons. The fourth-order valence-corrected chi connectivity index (χ4v) is 2.87. The van der Waals surface area contributed by atoms with E-state index < -0.39 is 34.8 Å². The zero-order valence-electron chi connectivity index (χ0n) is 16.7. The van der Waals surface area contributed by atoms with E-state index in [-0.39, 0.29) is 36.9 Å². The highest BCUT2D eigenvalue weighted by atomic mass is 19.4. The van der Waals surface area contributed by atoms with Crippen LogP contribution in [0.5, 0.6) is 5.75 Å². The SMILES string of the molecule is COCCOc1ccc(Cn2ccc(NC(=O)c3c(F)cccc3F)n2)c(C(F)(F)F)c1. The molecule has 11 heteroatoms. The van der Waals surface area contributed by atoms with Crippen LogP contribution in [0.1, 0.15) is 21.5 Å². The predicted molar refractivity (Wildman–Crippen MR) is 104 cm³/mol. The zero-order valence-corrected chi connectivity index (χ0v) is 16.7. The Morgan fingerprint density at radius 1 is 1.09 bits per heavy atom. The van der Waals surface area contributed by atoms with Crippen molar-refractivity contribution in [2.24, 2.45) is 0 Å². The number of rotatable bonds is 8. The molecular formula is C21H18F5N3O3. The second-order valence-corrected chi connectivity index (χ2v) is 6.61. The van der Waals surface area contributed by atoms with Gasteiger partial charge in [0.2, 0.25) is 0 Å². The number of aromatic nitrogens is 2. The first-order chi connectivity index (χ1) is 15.2.